The number of aromatic nitrogens is 1. The van der Waals surface area contributed by atoms with Gasteiger partial charge in [-0.15, -0.1) is 12.4 Å². The molecule has 82 valence electrons. The van der Waals surface area contributed by atoms with Crippen molar-refractivity contribution in [2.75, 3.05) is 0 Å². The molecule has 0 N–H and O–H groups in total. The molecule has 2 nitrogen and oxygen atoms in total. The number of benzene rings is 1. The summed E-state index contributed by atoms with van der Waals surface area (Å²) in [6.45, 7) is 0. The van der Waals surface area contributed by atoms with Crippen molar-refractivity contribution in [2.45, 2.75) is 0 Å². The number of hydrogen-bond acceptors (Lipinski definition) is 2. The zero-order chi connectivity index (χ0) is 10.7. The van der Waals surface area contributed by atoms with Crippen molar-refractivity contribution >= 4 is 18.7 Å². The minimum Gasteiger partial charge on any atom is -0.298 e. The van der Waals surface area contributed by atoms with Crippen LogP contribution in [0.5, 0.6) is 0 Å². The second-order valence-electron chi connectivity index (χ2n) is 3.09. The van der Waals surface area contributed by atoms with E-state index in [4.69, 9.17) is 0 Å². The number of rotatable bonds is 2. The summed E-state index contributed by atoms with van der Waals surface area (Å²) in [4.78, 5) is 14.6. The van der Waals surface area contributed by atoms with E-state index in [1.54, 1.807) is 24.4 Å². The Bertz CT molecular complexity index is 485. The fourth-order valence-corrected chi connectivity index (χ4v) is 1.39. The normalized spacial score (nSPS) is 9.31. The Kier molecular flexibility index (Phi) is 4.14. The van der Waals surface area contributed by atoms with Crippen LogP contribution in [0.3, 0.4) is 0 Å². The second kappa shape index (κ2) is 5.37. The molecule has 0 aliphatic carbocycles. The van der Waals surface area contributed by atoms with Crippen molar-refractivity contribution in [2.24, 2.45) is 0 Å². The second-order valence-corrected chi connectivity index (χ2v) is 3.09. The van der Waals surface area contributed by atoms with Crippen LogP contribution in [0.15, 0.2) is 42.7 Å². The van der Waals surface area contributed by atoms with Crippen molar-refractivity contribution in [1.82, 2.24) is 4.98 Å². The van der Waals surface area contributed by atoms with E-state index in [0.717, 1.165) is 17.4 Å². The molecule has 0 amide bonds. The van der Waals surface area contributed by atoms with Gasteiger partial charge < -0.3 is 0 Å². The maximum atomic E-state index is 12.7. The van der Waals surface area contributed by atoms with Crippen LogP contribution in [-0.2, 0) is 0 Å². The summed E-state index contributed by atoms with van der Waals surface area (Å²) >= 11 is 0. The number of hydrogen-bond donors (Lipinski definition) is 0. The zero-order valence-electron chi connectivity index (χ0n) is 8.26. The maximum Gasteiger partial charge on any atom is 0.152 e. The Morgan fingerprint density at radius 1 is 1.12 bits per heavy atom. The molecule has 0 radical (unpaired) electrons. The highest BCUT2D eigenvalue weighted by molar-refractivity contribution is 5.86. The van der Waals surface area contributed by atoms with Gasteiger partial charge in [0.05, 0.1) is 0 Å². The van der Waals surface area contributed by atoms with Gasteiger partial charge in [-0.25, -0.2) is 4.39 Å². The van der Waals surface area contributed by atoms with Crippen LogP contribution in [-0.4, -0.2) is 11.3 Å². The third kappa shape index (κ3) is 2.44. The van der Waals surface area contributed by atoms with Crippen molar-refractivity contribution < 1.29 is 9.18 Å². The van der Waals surface area contributed by atoms with Crippen molar-refractivity contribution in [3.63, 3.8) is 0 Å². The van der Waals surface area contributed by atoms with Gasteiger partial charge in [-0.05, 0) is 29.3 Å². The molecule has 0 spiro atoms. The molecule has 2 rings (SSSR count). The first-order valence-electron chi connectivity index (χ1n) is 4.46. The van der Waals surface area contributed by atoms with E-state index in [1.807, 2.05) is 0 Å². The predicted octanol–water partition coefficient (Wildman–Crippen LogP) is 3.12. The molecule has 0 bridgehead atoms. The number of carbonyl (C=O) groups is 1. The first-order chi connectivity index (χ1) is 7.31. The lowest BCUT2D eigenvalue weighted by Gasteiger charge is -2.03. The largest absolute Gasteiger partial charge is 0.298 e. The van der Waals surface area contributed by atoms with E-state index in [1.165, 1.54) is 18.3 Å². The van der Waals surface area contributed by atoms with E-state index < -0.39 is 0 Å². The van der Waals surface area contributed by atoms with Crippen LogP contribution >= 0.6 is 12.4 Å². The number of aldehydes is 1. The number of halogens is 2. The van der Waals surface area contributed by atoms with Gasteiger partial charge in [0.1, 0.15) is 5.82 Å². The molecule has 0 fully saturated rings. The highest BCUT2D eigenvalue weighted by atomic mass is 35.5. The van der Waals surface area contributed by atoms with Gasteiger partial charge in [-0.1, -0.05) is 12.1 Å². The Labute approximate surface area is 98.6 Å². The van der Waals surface area contributed by atoms with Gasteiger partial charge in [0, 0.05) is 18.0 Å². The topological polar surface area (TPSA) is 30.0 Å². The number of pyridine rings is 1. The molecular weight excluding hydrogens is 229 g/mol. The zero-order valence-corrected chi connectivity index (χ0v) is 9.08. The third-order valence-electron chi connectivity index (χ3n) is 2.13. The molecule has 0 unspecified atom stereocenters. The van der Waals surface area contributed by atoms with Crippen LogP contribution in [0.2, 0.25) is 0 Å². The Balaban J connectivity index is 0.00000128. The monoisotopic (exact) mass is 237 g/mol. The predicted molar refractivity (Wildman–Crippen MR) is 62.3 cm³/mol. The summed E-state index contributed by atoms with van der Waals surface area (Å²) in [6, 6.07) is 7.74. The molecule has 0 saturated heterocycles. The highest BCUT2D eigenvalue weighted by Gasteiger charge is 2.03. The number of carbonyl (C=O) groups excluding carboxylic acids is 1. The molecule has 0 aliphatic rings. The van der Waals surface area contributed by atoms with Gasteiger partial charge in [0.2, 0.25) is 0 Å². The van der Waals surface area contributed by atoms with Gasteiger partial charge in [0.15, 0.2) is 6.29 Å². The van der Waals surface area contributed by atoms with E-state index in [0.29, 0.717) is 5.56 Å². The molecule has 2 aromatic rings. The van der Waals surface area contributed by atoms with Crippen LogP contribution < -0.4 is 0 Å². The lowest BCUT2D eigenvalue weighted by molar-refractivity contribution is 0.112. The molecule has 1 aromatic heterocycles. The fraction of sp³-hybridized carbons (Fsp3) is 0. The lowest BCUT2D eigenvalue weighted by atomic mass is 10.0. The first-order valence-corrected chi connectivity index (χ1v) is 4.46. The van der Waals surface area contributed by atoms with Crippen LogP contribution in [0.25, 0.3) is 11.1 Å². The summed E-state index contributed by atoms with van der Waals surface area (Å²) in [5.41, 5.74) is 2.07. The first kappa shape index (κ1) is 12.3. The average molecular weight is 238 g/mol. The molecule has 0 atom stereocenters. The van der Waals surface area contributed by atoms with Crippen molar-refractivity contribution in [3.05, 3.63) is 54.1 Å². The molecule has 0 saturated carbocycles. The van der Waals surface area contributed by atoms with Gasteiger partial charge in [0.25, 0.3) is 0 Å². The van der Waals surface area contributed by atoms with Crippen molar-refractivity contribution in [1.29, 1.82) is 0 Å². The third-order valence-corrected chi connectivity index (χ3v) is 2.13. The number of nitrogens with zero attached hydrogens (tertiary/aromatic N) is 1. The molecule has 1 aromatic carbocycles. The molecule has 1 heterocycles. The van der Waals surface area contributed by atoms with Crippen LogP contribution in [0.4, 0.5) is 4.39 Å². The van der Waals surface area contributed by atoms with Gasteiger partial charge >= 0.3 is 0 Å². The van der Waals surface area contributed by atoms with Gasteiger partial charge in [-0.2, -0.15) is 0 Å². The summed E-state index contributed by atoms with van der Waals surface area (Å²) in [7, 11) is 0. The van der Waals surface area contributed by atoms with E-state index >= 15 is 0 Å². The minimum absolute atomic E-state index is 0. The average Bonchev–Trinajstić information content (AvgIpc) is 2.30. The lowest BCUT2D eigenvalue weighted by Crippen LogP contribution is -1.88. The quantitative estimate of drug-likeness (QED) is 0.752. The Morgan fingerprint density at radius 2 is 1.81 bits per heavy atom. The summed E-state index contributed by atoms with van der Waals surface area (Å²) in [5, 5.41) is 0. The maximum absolute atomic E-state index is 12.7. The highest BCUT2D eigenvalue weighted by Crippen LogP contribution is 2.21. The van der Waals surface area contributed by atoms with Crippen LogP contribution in [0, 0.1) is 5.82 Å². The molecule has 16 heavy (non-hydrogen) atoms. The van der Waals surface area contributed by atoms with Crippen molar-refractivity contribution in [3.8, 4) is 11.1 Å². The summed E-state index contributed by atoms with van der Waals surface area (Å²) < 4.78 is 12.7. The minimum atomic E-state index is -0.291. The Hall–Kier alpha value is -1.74. The van der Waals surface area contributed by atoms with Crippen LogP contribution in [0.1, 0.15) is 10.4 Å². The summed E-state index contributed by atoms with van der Waals surface area (Å²) in [5.74, 6) is -0.291. The van der Waals surface area contributed by atoms with Gasteiger partial charge in [-0.3, -0.25) is 9.78 Å². The molecular formula is C12H9ClFNO. The fourth-order valence-electron chi connectivity index (χ4n) is 1.39. The molecule has 4 heteroatoms. The smallest absolute Gasteiger partial charge is 0.152 e. The standard InChI is InChI=1S/C12H8FNO.ClH/c13-11-3-1-9(2-4-11)12-5-6-14-7-10(12)8-15;/h1-8H;1H. The Morgan fingerprint density at radius 3 is 2.44 bits per heavy atom. The van der Waals surface area contributed by atoms with E-state index in [-0.39, 0.29) is 18.2 Å². The summed E-state index contributed by atoms with van der Waals surface area (Å²) in [6.07, 6.45) is 3.84. The SMILES string of the molecule is Cl.O=Cc1cnccc1-c1ccc(F)cc1. The van der Waals surface area contributed by atoms with E-state index in [9.17, 15) is 9.18 Å². The molecule has 0 aliphatic heterocycles. The van der Waals surface area contributed by atoms with E-state index in [2.05, 4.69) is 4.98 Å².